The van der Waals surface area contributed by atoms with Gasteiger partial charge in [0.1, 0.15) is 12.7 Å². The second-order valence-corrected chi connectivity index (χ2v) is 15.4. The zero-order valence-electron chi connectivity index (χ0n) is 33.1. The van der Waals surface area contributed by atoms with Crippen molar-refractivity contribution in [1.29, 1.82) is 0 Å². The lowest BCUT2D eigenvalue weighted by atomic mass is 10.1. The van der Waals surface area contributed by atoms with E-state index in [1.54, 1.807) is 0 Å². The normalized spacial score (nSPS) is 18.3. The summed E-state index contributed by atoms with van der Waals surface area (Å²) in [5, 5.41) is 0. The lowest BCUT2D eigenvalue weighted by molar-refractivity contribution is -0.169. The Morgan fingerprint density at radius 3 is 1.63 bits per heavy atom. The first-order valence-electron chi connectivity index (χ1n) is 20.8. The summed E-state index contributed by atoms with van der Waals surface area (Å²) in [6.07, 6.45) is 18.2. The van der Waals surface area contributed by atoms with Crippen LogP contribution < -0.4 is 11.3 Å². The van der Waals surface area contributed by atoms with Crippen LogP contribution in [-0.4, -0.2) is 62.3 Å². The third-order valence-electron chi connectivity index (χ3n) is 9.96. The molecule has 0 saturated carbocycles. The first kappa shape index (κ1) is 45.4. The fourth-order valence-electron chi connectivity index (χ4n) is 6.87. The molecule has 3 rings (SSSR count). The second-order valence-electron chi connectivity index (χ2n) is 14.6. The summed E-state index contributed by atoms with van der Waals surface area (Å²) in [5.41, 5.74) is 5.44. The number of anilines is 1. The fraction of sp³-hybridized carbons (Fsp3) is 0.800. The number of nitrogens with zero attached hydrogens (tertiary/aromatic N) is 3. The Morgan fingerprint density at radius 1 is 0.685 bits per heavy atom. The number of hydrogen-bond acceptors (Lipinski definition) is 11. The Kier molecular flexibility index (Phi) is 21.8. The SMILES string of the molecule is CCCCCCCCCC(=O)OC[C@H]1O[C@@H](n2c(Br)nc3c(=O)[nH]c(N)nc32)[C@H](OC(=O)CCCCCCCCC)[C@@H]1OC(=O)CCCCCCCCC. The topological polar surface area (TPSA) is 178 Å². The standard InChI is InChI=1S/C40H66BrN5O8/c1-4-7-10-13-16-19-22-25-30(47)51-28-29-34(53-31(48)26-23-20-17-14-11-8-5-2)35(54-32(49)27-24-21-18-15-12-9-6-3)38(52-29)46-36-33(43-39(46)41)37(50)45-40(42)44-36/h29,34-35,38H,4-28H2,1-3H3,(H3,42,44,45,50)/t29-,34-,35-,38-/m1/s1. The van der Waals surface area contributed by atoms with Gasteiger partial charge in [0.25, 0.3) is 5.56 Å². The number of nitrogens with two attached hydrogens (primary N) is 1. The minimum absolute atomic E-state index is 0.00937. The van der Waals surface area contributed by atoms with Gasteiger partial charge >= 0.3 is 17.9 Å². The summed E-state index contributed by atoms with van der Waals surface area (Å²) in [4.78, 5) is 63.5. The molecular weight excluding hydrogens is 758 g/mol. The van der Waals surface area contributed by atoms with Crippen molar-refractivity contribution in [3.63, 3.8) is 0 Å². The lowest BCUT2D eigenvalue weighted by Crippen LogP contribution is -2.41. The zero-order valence-corrected chi connectivity index (χ0v) is 34.6. The number of aromatic nitrogens is 4. The third-order valence-corrected chi connectivity index (χ3v) is 10.5. The molecule has 14 heteroatoms. The van der Waals surface area contributed by atoms with Crippen LogP contribution in [0.5, 0.6) is 0 Å². The second kappa shape index (κ2) is 26.0. The van der Waals surface area contributed by atoms with Gasteiger partial charge in [-0.25, -0.2) is 4.98 Å². The van der Waals surface area contributed by atoms with E-state index in [4.69, 9.17) is 24.7 Å². The monoisotopic (exact) mass is 823 g/mol. The molecule has 4 atom stereocenters. The first-order chi connectivity index (χ1) is 26.2. The largest absolute Gasteiger partial charge is 0.463 e. The maximum atomic E-state index is 13.4. The van der Waals surface area contributed by atoms with Crippen molar-refractivity contribution in [2.24, 2.45) is 0 Å². The molecular formula is C40H66BrN5O8. The van der Waals surface area contributed by atoms with Crippen molar-refractivity contribution in [2.75, 3.05) is 12.3 Å². The van der Waals surface area contributed by atoms with Gasteiger partial charge < -0.3 is 24.7 Å². The quantitative estimate of drug-likeness (QED) is 0.0346. The Labute approximate surface area is 329 Å². The van der Waals surface area contributed by atoms with E-state index >= 15 is 0 Å². The molecule has 0 aromatic carbocycles. The van der Waals surface area contributed by atoms with Crippen LogP contribution in [0.3, 0.4) is 0 Å². The van der Waals surface area contributed by atoms with Gasteiger partial charge in [0.05, 0.1) is 0 Å². The van der Waals surface area contributed by atoms with Gasteiger partial charge in [-0.15, -0.1) is 0 Å². The van der Waals surface area contributed by atoms with Crippen molar-refractivity contribution in [2.45, 2.75) is 199 Å². The molecule has 3 N–H and O–H groups in total. The van der Waals surface area contributed by atoms with Crippen molar-refractivity contribution >= 4 is 51.0 Å². The molecule has 2 aromatic rings. The third kappa shape index (κ3) is 15.6. The number of ether oxygens (including phenoxy) is 4. The molecule has 0 bridgehead atoms. The van der Waals surface area contributed by atoms with Crippen LogP contribution in [0, 0.1) is 0 Å². The van der Waals surface area contributed by atoms with Gasteiger partial charge in [0.2, 0.25) is 5.95 Å². The van der Waals surface area contributed by atoms with Crippen LogP contribution in [0.25, 0.3) is 11.2 Å². The van der Waals surface area contributed by atoms with Gasteiger partial charge in [-0.1, -0.05) is 136 Å². The number of unbranched alkanes of at least 4 members (excludes halogenated alkanes) is 18. The number of fused-ring (bicyclic) bond motifs is 1. The van der Waals surface area contributed by atoms with Crippen molar-refractivity contribution < 1.29 is 33.3 Å². The highest BCUT2D eigenvalue weighted by molar-refractivity contribution is 9.10. The van der Waals surface area contributed by atoms with Gasteiger partial charge in [-0.05, 0) is 35.2 Å². The van der Waals surface area contributed by atoms with E-state index in [9.17, 15) is 19.2 Å². The van der Waals surface area contributed by atoms with Gasteiger partial charge in [0.15, 0.2) is 34.3 Å². The molecule has 1 fully saturated rings. The molecule has 0 amide bonds. The molecule has 1 aliphatic heterocycles. The minimum Gasteiger partial charge on any atom is -0.463 e. The molecule has 13 nitrogen and oxygen atoms in total. The van der Waals surface area contributed by atoms with E-state index in [0.717, 1.165) is 57.8 Å². The van der Waals surface area contributed by atoms with E-state index in [-0.39, 0.29) is 53.7 Å². The maximum Gasteiger partial charge on any atom is 0.306 e. The van der Waals surface area contributed by atoms with Crippen LogP contribution >= 0.6 is 15.9 Å². The highest BCUT2D eigenvalue weighted by Gasteiger charge is 2.52. The van der Waals surface area contributed by atoms with Crippen LogP contribution in [0.4, 0.5) is 5.95 Å². The van der Waals surface area contributed by atoms with Crippen molar-refractivity contribution in [1.82, 2.24) is 19.5 Å². The van der Waals surface area contributed by atoms with Crippen LogP contribution in [0.15, 0.2) is 9.53 Å². The number of carbonyl (C=O) groups is 3. The van der Waals surface area contributed by atoms with E-state index < -0.39 is 42.0 Å². The molecule has 0 spiro atoms. The minimum atomic E-state index is -1.16. The number of halogens is 1. The number of esters is 3. The maximum absolute atomic E-state index is 13.4. The number of hydrogen-bond donors (Lipinski definition) is 2. The summed E-state index contributed by atoms with van der Waals surface area (Å²) in [6.45, 7) is 6.31. The van der Waals surface area contributed by atoms with Gasteiger partial charge in [0, 0.05) is 19.3 Å². The lowest BCUT2D eigenvalue weighted by Gasteiger charge is -2.25. The summed E-state index contributed by atoms with van der Waals surface area (Å²) >= 11 is 3.43. The summed E-state index contributed by atoms with van der Waals surface area (Å²) in [5.74, 6) is -1.46. The van der Waals surface area contributed by atoms with Crippen molar-refractivity contribution in [3.05, 3.63) is 15.1 Å². The number of rotatable bonds is 29. The number of nitrogens with one attached hydrogen (secondary N) is 1. The number of aromatic amines is 1. The Balaban J connectivity index is 1.80. The van der Waals surface area contributed by atoms with Crippen molar-refractivity contribution in [3.8, 4) is 0 Å². The smallest absolute Gasteiger partial charge is 0.306 e. The van der Waals surface area contributed by atoms with Gasteiger partial charge in [-0.2, -0.15) is 4.98 Å². The van der Waals surface area contributed by atoms with E-state index in [1.807, 2.05) is 0 Å². The molecule has 3 heterocycles. The zero-order chi connectivity index (χ0) is 39.1. The molecule has 0 radical (unpaired) electrons. The number of nitrogen functional groups attached to an aromatic ring is 1. The molecule has 2 aromatic heterocycles. The Hall–Kier alpha value is -3.00. The number of H-pyrrole nitrogens is 1. The average Bonchev–Trinajstić information content (AvgIpc) is 3.64. The predicted octanol–water partition coefficient (Wildman–Crippen LogP) is 9.15. The van der Waals surface area contributed by atoms with E-state index in [1.165, 1.54) is 62.4 Å². The summed E-state index contributed by atoms with van der Waals surface area (Å²) in [6, 6.07) is 0. The predicted molar refractivity (Wildman–Crippen MR) is 213 cm³/mol. The van der Waals surface area contributed by atoms with Crippen LogP contribution in [-0.2, 0) is 33.3 Å². The average molecular weight is 825 g/mol. The Morgan fingerprint density at radius 2 is 1.13 bits per heavy atom. The van der Waals surface area contributed by atoms with E-state index in [0.29, 0.717) is 19.3 Å². The number of carbonyl (C=O) groups excluding carboxylic acids is 3. The van der Waals surface area contributed by atoms with Gasteiger partial charge in [-0.3, -0.25) is 28.7 Å². The fourth-order valence-corrected chi connectivity index (χ4v) is 7.41. The number of imidazole rings is 1. The molecule has 1 saturated heterocycles. The van der Waals surface area contributed by atoms with E-state index in [2.05, 4.69) is 51.7 Å². The van der Waals surface area contributed by atoms with Crippen LogP contribution in [0.2, 0.25) is 0 Å². The highest BCUT2D eigenvalue weighted by Crippen LogP contribution is 2.38. The Bertz CT molecular complexity index is 1470. The summed E-state index contributed by atoms with van der Waals surface area (Å²) in [7, 11) is 0. The molecule has 1 aliphatic rings. The first-order valence-corrected chi connectivity index (χ1v) is 21.6. The summed E-state index contributed by atoms with van der Waals surface area (Å²) < 4.78 is 26.0. The highest BCUT2D eigenvalue weighted by atomic mass is 79.9. The molecule has 0 unspecified atom stereocenters. The molecule has 54 heavy (non-hydrogen) atoms. The van der Waals surface area contributed by atoms with Crippen LogP contribution in [0.1, 0.15) is 181 Å². The molecule has 0 aliphatic carbocycles. The molecule has 306 valence electrons.